The van der Waals surface area contributed by atoms with E-state index in [1.54, 1.807) is 19.0 Å². The van der Waals surface area contributed by atoms with E-state index in [0.29, 0.717) is 17.7 Å². The van der Waals surface area contributed by atoms with Crippen LogP contribution in [0.4, 0.5) is 10.2 Å². The molecular formula is C18H23FN4. The molecule has 4 nitrogen and oxygen atoms in total. The standard InChI is InChI=1S/C18H23FN4/c1-13(23-9-4-5-10-23)14-7-6-8-15(11-14)17-20-12-16(19)18(21-17)22(2)3/h6-8,11-13H,4-5,9-10H2,1-3H3/t13-/m1/s1. The molecule has 0 saturated carbocycles. The number of hydrogen-bond acceptors (Lipinski definition) is 4. The lowest BCUT2D eigenvalue weighted by atomic mass is 10.0. The molecule has 2 heterocycles. The molecule has 1 aliphatic rings. The van der Waals surface area contributed by atoms with Gasteiger partial charge in [-0.15, -0.1) is 0 Å². The van der Waals surface area contributed by atoms with E-state index in [4.69, 9.17) is 0 Å². The van der Waals surface area contributed by atoms with Crippen LogP contribution in [0.15, 0.2) is 30.5 Å². The molecule has 1 aromatic heterocycles. The fraction of sp³-hybridized carbons (Fsp3) is 0.444. The molecule has 0 unspecified atom stereocenters. The first-order valence-corrected chi connectivity index (χ1v) is 8.10. The molecule has 5 heteroatoms. The Bertz CT molecular complexity index is 680. The molecule has 2 aromatic rings. The van der Waals surface area contributed by atoms with E-state index in [2.05, 4.69) is 33.9 Å². The van der Waals surface area contributed by atoms with Crippen LogP contribution in [-0.2, 0) is 0 Å². The van der Waals surface area contributed by atoms with Gasteiger partial charge in [0.2, 0.25) is 0 Å². The Hall–Kier alpha value is -2.01. The van der Waals surface area contributed by atoms with E-state index in [1.807, 2.05) is 12.1 Å². The van der Waals surface area contributed by atoms with Gasteiger partial charge in [-0.3, -0.25) is 4.90 Å². The van der Waals surface area contributed by atoms with Crippen molar-refractivity contribution in [2.45, 2.75) is 25.8 Å². The SMILES string of the molecule is C[C@H](c1cccc(-c2ncc(F)c(N(C)C)n2)c1)N1CCCC1. The number of aromatic nitrogens is 2. The summed E-state index contributed by atoms with van der Waals surface area (Å²) >= 11 is 0. The van der Waals surface area contributed by atoms with Crippen molar-refractivity contribution in [1.29, 1.82) is 0 Å². The van der Waals surface area contributed by atoms with E-state index < -0.39 is 5.82 Å². The number of hydrogen-bond donors (Lipinski definition) is 0. The van der Waals surface area contributed by atoms with Crippen LogP contribution in [0.2, 0.25) is 0 Å². The zero-order valence-corrected chi connectivity index (χ0v) is 14.0. The van der Waals surface area contributed by atoms with Crippen LogP contribution in [0.5, 0.6) is 0 Å². The number of halogens is 1. The lowest BCUT2D eigenvalue weighted by Crippen LogP contribution is -2.23. The summed E-state index contributed by atoms with van der Waals surface area (Å²) in [4.78, 5) is 12.7. The maximum absolute atomic E-state index is 13.8. The molecule has 1 atom stereocenters. The molecule has 0 aliphatic carbocycles. The molecule has 0 amide bonds. The highest BCUT2D eigenvalue weighted by molar-refractivity contribution is 5.58. The Labute approximate surface area is 137 Å². The highest BCUT2D eigenvalue weighted by atomic mass is 19.1. The molecule has 1 fully saturated rings. The lowest BCUT2D eigenvalue weighted by Gasteiger charge is -2.24. The van der Waals surface area contributed by atoms with Crippen LogP contribution < -0.4 is 4.90 Å². The fourth-order valence-corrected chi connectivity index (χ4v) is 3.09. The molecule has 0 radical (unpaired) electrons. The van der Waals surface area contributed by atoms with Crippen molar-refractivity contribution in [1.82, 2.24) is 14.9 Å². The smallest absolute Gasteiger partial charge is 0.183 e. The number of rotatable bonds is 4. The molecule has 23 heavy (non-hydrogen) atoms. The fourth-order valence-electron chi connectivity index (χ4n) is 3.09. The second-order valence-electron chi connectivity index (χ2n) is 6.30. The summed E-state index contributed by atoms with van der Waals surface area (Å²) in [6.45, 7) is 4.55. The Balaban J connectivity index is 1.92. The van der Waals surface area contributed by atoms with E-state index in [9.17, 15) is 4.39 Å². The van der Waals surface area contributed by atoms with Crippen molar-refractivity contribution in [3.63, 3.8) is 0 Å². The zero-order valence-electron chi connectivity index (χ0n) is 14.0. The molecule has 0 spiro atoms. The Kier molecular flexibility index (Phi) is 4.57. The first kappa shape index (κ1) is 15.9. The van der Waals surface area contributed by atoms with Crippen molar-refractivity contribution < 1.29 is 4.39 Å². The molecule has 1 aromatic carbocycles. The predicted molar refractivity (Wildman–Crippen MR) is 91.0 cm³/mol. The van der Waals surface area contributed by atoms with Crippen molar-refractivity contribution >= 4 is 5.82 Å². The summed E-state index contributed by atoms with van der Waals surface area (Å²) in [5.41, 5.74) is 2.18. The van der Waals surface area contributed by atoms with Gasteiger partial charge in [-0.2, -0.15) is 0 Å². The van der Waals surface area contributed by atoms with Gasteiger partial charge in [-0.05, 0) is 44.5 Å². The quantitative estimate of drug-likeness (QED) is 0.864. The molecular weight excluding hydrogens is 291 g/mol. The largest absolute Gasteiger partial charge is 0.360 e. The van der Waals surface area contributed by atoms with Gasteiger partial charge in [0.25, 0.3) is 0 Å². The van der Waals surface area contributed by atoms with E-state index in [0.717, 1.165) is 18.7 Å². The third-order valence-electron chi connectivity index (χ3n) is 4.46. The van der Waals surface area contributed by atoms with Gasteiger partial charge >= 0.3 is 0 Å². The van der Waals surface area contributed by atoms with Gasteiger partial charge in [-0.25, -0.2) is 14.4 Å². The second-order valence-corrected chi connectivity index (χ2v) is 6.30. The van der Waals surface area contributed by atoms with Gasteiger partial charge < -0.3 is 4.90 Å². The summed E-state index contributed by atoms with van der Waals surface area (Å²) in [7, 11) is 3.56. The summed E-state index contributed by atoms with van der Waals surface area (Å²) in [6.07, 6.45) is 3.79. The first-order chi connectivity index (χ1) is 11.1. The van der Waals surface area contributed by atoms with Crippen molar-refractivity contribution in [3.05, 3.63) is 41.8 Å². The minimum Gasteiger partial charge on any atom is -0.360 e. The Morgan fingerprint density at radius 1 is 1.22 bits per heavy atom. The normalized spacial score (nSPS) is 16.5. The Morgan fingerprint density at radius 3 is 2.65 bits per heavy atom. The molecule has 122 valence electrons. The van der Waals surface area contributed by atoms with Crippen molar-refractivity contribution in [2.75, 3.05) is 32.1 Å². The monoisotopic (exact) mass is 314 g/mol. The van der Waals surface area contributed by atoms with Crippen LogP contribution in [-0.4, -0.2) is 42.1 Å². The molecule has 0 N–H and O–H groups in total. The van der Waals surface area contributed by atoms with Crippen LogP contribution in [0.1, 0.15) is 31.4 Å². The molecule has 0 bridgehead atoms. The maximum atomic E-state index is 13.8. The van der Waals surface area contributed by atoms with Gasteiger partial charge in [0.05, 0.1) is 6.20 Å². The lowest BCUT2D eigenvalue weighted by molar-refractivity contribution is 0.263. The number of anilines is 1. The number of benzene rings is 1. The molecule has 1 saturated heterocycles. The van der Waals surface area contributed by atoms with Crippen LogP contribution >= 0.6 is 0 Å². The minimum absolute atomic E-state index is 0.313. The highest BCUT2D eigenvalue weighted by Gasteiger charge is 2.20. The number of likely N-dealkylation sites (tertiary alicyclic amines) is 1. The third-order valence-corrected chi connectivity index (χ3v) is 4.46. The minimum atomic E-state index is -0.402. The summed E-state index contributed by atoms with van der Waals surface area (Å²) in [5, 5.41) is 0. The summed E-state index contributed by atoms with van der Waals surface area (Å²) in [5.74, 6) is 0.471. The maximum Gasteiger partial charge on any atom is 0.183 e. The van der Waals surface area contributed by atoms with Crippen LogP contribution in [0.3, 0.4) is 0 Å². The van der Waals surface area contributed by atoms with Crippen molar-refractivity contribution in [3.8, 4) is 11.4 Å². The van der Waals surface area contributed by atoms with Crippen LogP contribution in [0.25, 0.3) is 11.4 Å². The summed E-state index contributed by atoms with van der Waals surface area (Å²) in [6, 6.07) is 8.65. The van der Waals surface area contributed by atoms with Gasteiger partial charge in [0, 0.05) is 25.7 Å². The van der Waals surface area contributed by atoms with E-state index >= 15 is 0 Å². The van der Waals surface area contributed by atoms with Gasteiger partial charge in [-0.1, -0.05) is 18.2 Å². The molecule has 1 aliphatic heterocycles. The van der Waals surface area contributed by atoms with Crippen molar-refractivity contribution in [2.24, 2.45) is 0 Å². The topological polar surface area (TPSA) is 32.3 Å². The van der Waals surface area contributed by atoms with E-state index in [-0.39, 0.29) is 0 Å². The molecule has 3 rings (SSSR count). The van der Waals surface area contributed by atoms with E-state index in [1.165, 1.54) is 24.6 Å². The number of nitrogens with zero attached hydrogens (tertiary/aromatic N) is 4. The second kappa shape index (κ2) is 6.62. The Morgan fingerprint density at radius 2 is 1.96 bits per heavy atom. The third kappa shape index (κ3) is 3.34. The summed E-state index contributed by atoms with van der Waals surface area (Å²) < 4.78 is 13.8. The first-order valence-electron chi connectivity index (χ1n) is 8.10. The zero-order chi connectivity index (χ0) is 16.4. The average Bonchev–Trinajstić information content (AvgIpc) is 3.09. The van der Waals surface area contributed by atoms with Gasteiger partial charge in [0.1, 0.15) is 0 Å². The predicted octanol–water partition coefficient (Wildman–Crippen LogP) is 3.51. The van der Waals surface area contributed by atoms with Gasteiger partial charge in [0.15, 0.2) is 17.5 Å². The van der Waals surface area contributed by atoms with Crippen LogP contribution in [0, 0.1) is 5.82 Å². The highest BCUT2D eigenvalue weighted by Crippen LogP contribution is 2.28. The average molecular weight is 314 g/mol.